The molecule has 9 nitrogen and oxygen atoms in total. The number of amides is 2. The molecule has 9 heteroatoms. The van der Waals surface area contributed by atoms with Crippen molar-refractivity contribution in [2.45, 2.75) is 88.4 Å². The highest BCUT2D eigenvalue weighted by atomic mass is 16.7. The zero-order valence-electron chi connectivity index (χ0n) is 19.0. The molecular formula is C23H36N4O5. The van der Waals surface area contributed by atoms with Crippen LogP contribution in [-0.4, -0.2) is 78.2 Å². The summed E-state index contributed by atoms with van der Waals surface area (Å²) >= 11 is 0. The molecule has 6 aliphatic rings. The predicted octanol–water partition coefficient (Wildman–Crippen LogP) is 1.58. The van der Waals surface area contributed by atoms with Gasteiger partial charge in [0.15, 0.2) is 0 Å². The Morgan fingerprint density at radius 2 is 1.88 bits per heavy atom. The van der Waals surface area contributed by atoms with Gasteiger partial charge in [0.1, 0.15) is 12.3 Å². The number of nitrogens with zero attached hydrogens (tertiary/aromatic N) is 2. The van der Waals surface area contributed by atoms with Gasteiger partial charge in [-0.15, -0.1) is 0 Å². The number of carbonyl (C=O) groups is 2. The Labute approximate surface area is 189 Å². The molecule has 2 N–H and O–H groups in total. The van der Waals surface area contributed by atoms with E-state index in [1.807, 2.05) is 4.90 Å². The minimum absolute atomic E-state index is 0.00220. The molecule has 2 amide bonds. The number of fused-ring (bicyclic) bond motifs is 1. The van der Waals surface area contributed by atoms with E-state index in [1.54, 1.807) is 0 Å². The van der Waals surface area contributed by atoms with Gasteiger partial charge in [-0.05, 0) is 57.8 Å². The van der Waals surface area contributed by atoms with E-state index in [0.717, 1.165) is 58.0 Å². The minimum atomic E-state index is -0.295. The van der Waals surface area contributed by atoms with Crippen molar-refractivity contribution in [1.29, 1.82) is 0 Å². The van der Waals surface area contributed by atoms with Crippen LogP contribution < -0.4 is 10.8 Å². The van der Waals surface area contributed by atoms with Crippen molar-refractivity contribution in [3.63, 3.8) is 0 Å². The standard InChI is InChI=1S/C23H36N4O5/c1-23(16-7-9-26(10-8-16)21(28)14-3-2-4-14)24-20(32-25-23)15-5-6-19-18(11-15)27(22(29)31-19)17-12-30-13-17/h14-20,24-25H,2-13H2,1H3. The van der Waals surface area contributed by atoms with Gasteiger partial charge in [-0.2, -0.15) is 5.48 Å². The Kier molecular flexibility index (Phi) is 5.36. The number of ether oxygens (including phenoxy) is 2. The van der Waals surface area contributed by atoms with E-state index in [2.05, 4.69) is 22.6 Å². The van der Waals surface area contributed by atoms with E-state index in [-0.39, 0.29) is 42.1 Å². The minimum Gasteiger partial charge on any atom is -0.444 e. The molecule has 2 aliphatic carbocycles. The normalized spacial score (nSPS) is 41.2. The van der Waals surface area contributed by atoms with Crippen LogP contribution >= 0.6 is 0 Å². The zero-order chi connectivity index (χ0) is 21.9. The van der Waals surface area contributed by atoms with Gasteiger partial charge in [0.2, 0.25) is 5.91 Å². The lowest BCUT2D eigenvalue weighted by atomic mass is 9.80. The highest BCUT2D eigenvalue weighted by Crippen LogP contribution is 2.41. The van der Waals surface area contributed by atoms with E-state index >= 15 is 0 Å². The average molecular weight is 449 g/mol. The molecule has 32 heavy (non-hydrogen) atoms. The lowest BCUT2D eigenvalue weighted by molar-refractivity contribution is -0.140. The van der Waals surface area contributed by atoms with Crippen LogP contribution in [0, 0.1) is 17.8 Å². The molecule has 6 rings (SSSR count). The van der Waals surface area contributed by atoms with Crippen molar-refractivity contribution in [3.05, 3.63) is 0 Å². The molecule has 5 atom stereocenters. The van der Waals surface area contributed by atoms with E-state index in [0.29, 0.717) is 31.0 Å². The molecule has 5 unspecified atom stereocenters. The lowest BCUT2D eigenvalue weighted by Crippen LogP contribution is -2.58. The van der Waals surface area contributed by atoms with Crippen LogP contribution in [0.15, 0.2) is 0 Å². The Morgan fingerprint density at radius 1 is 1.09 bits per heavy atom. The molecule has 6 fully saturated rings. The third-order valence-corrected chi connectivity index (χ3v) is 8.98. The van der Waals surface area contributed by atoms with Gasteiger partial charge in [-0.25, -0.2) is 4.79 Å². The molecule has 0 aromatic heterocycles. The number of nitrogens with one attached hydrogen (secondary N) is 2. The summed E-state index contributed by atoms with van der Waals surface area (Å²) in [6, 6.07) is 0.276. The summed E-state index contributed by atoms with van der Waals surface area (Å²) in [4.78, 5) is 35.1. The first-order valence-electron chi connectivity index (χ1n) is 12.6. The molecule has 2 saturated carbocycles. The third-order valence-electron chi connectivity index (χ3n) is 8.98. The second kappa shape index (κ2) is 8.11. The molecule has 4 heterocycles. The topological polar surface area (TPSA) is 92.4 Å². The summed E-state index contributed by atoms with van der Waals surface area (Å²) in [6.45, 7) is 5.10. The summed E-state index contributed by atoms with van der Waals surface area (Å²) in [7, 11) is 0. The van der Waals surface area contributed by atoms with Crippen LogP contribution in [-0.2, 0) is 19.1 Å². The van der Waals surface area contributed by atoms with Crippen molar-refractivity contribution in [2.24, 2.45) is 17.8 Å². The SMILES string of the molecule is CC1(C2CCN(C(=O)C3CCC3)CC2)NOC(C2CCC3OC(=O)N(C4COC4)C3C2)N1. The number of hydrogen-bond donors (Lipinski definition) is 2. The van der Waals surface area contributed by atoms with Crippen molar-refractivity contribution < 1.29 is 23.9 Å². The van der Waals surface area contributed by atoms with E-state index in [9.17, 15) is 9.59 Å². The summed E-state index contributed by atoms with van der Waals surface area (Å²) in [6.07, 6.45) is 7.79. The second-order valence-electron chi connectivity index (χ2n) is 10.9. The smallest absolute Gasteiger partial charge is 0.410 e. The van der Waals surface area contributed by atoms with Crippen molar-refractivity contribution in [2.75, 3.05) is 26.3 Å². The van der Waals surface area contributed by atoms with Gasteiger partial charge in [-0.1, -0.05) is 6.42 Å². The maximum absolute atomic E-state index is 12.6. The monoisotopic (exact) mass is 448 g/mol. The zero-order valence-corrected chi connectivity index (χ0v) is 19.0. The largest absolute Gasteiger partial charge is 0.444 e. The Bertz CT molecular complexity index is 751. The quantitative estimate of drug-likeness (QED) is 0.675. The number of hydrogen-bond acceptors (Lipinski definition) is 7. The molecule has 0 spiro atoms. The van der Waals surface area contributed by atoms with Gasteiger partial charge in [0.05, 0.1) is 31.0 Å². The second-order valence-corrected chi connectivity index (χ2v) is 10.9. The number of rotatable bonds is 4. The first kappa shape index (κ1) is 21.1. The molecule has 0 aromatic rings. The van der Waals surface area contributed by atoms with Crippen molar-refractivity contribution in [1.82, 2.24) is 20.6 Å². The maximum atomic E-state index is 12.6. The highest BCUT2D eigenvalue weighted by molar-refractivity contribution is 5.79. The van der Waals surface area contributed by atoms with Gasteiger partial charge in [0.25, 0.3) is 0 Å². The maximum Gasteiger partial charge on any atom is 0.410 e. The molecule has 0 bridgehead atoms. The number of piperidine rings is 1. The molecule has 178 valence electrons. The molecule has 4 aliphatic heterocycles. The van der Waals surface area contributed by atoms with Crippen LogP contribution in [0.5, 0.6) is 0 Å². The molecule has 4 saturated heterocycles. The fourth-order valence-corrected chi connectivity index (χ4v) is 6.53. The summed E-state index contributed by atoms with van der Waals surface area (Å²) in [5, 5.41) is 3.75. The Hall–Kier alpha value is -1.42. The molecule has 0 radical (unpaired) electrons. The van der Waals surface area contributed by atoms with Crippen LogP contribution in [0.25, 0.3) is 0 Å². The summed E-state index contributed by atoms with van der Waals surface area (Å²) < 4.78 is 11.0. The Balaban J connectivity index is 1.05. The van der Waals surface area contributed by atoms with Gasteiger partial charge in [0, 0.05) is 24.9 Å². The number of likely N-dealkylation sites (tertiary alicyclic amines) is 1. The fraction of sp³-hybridized carbons (Fsp3) is 0.913. The highest BCUT2D eigenvalue weighted by Gasteiger charge is 2.53. The fourth-order valence-electron chi connectivity index (χ4n) is 6.53. The number of hydroxylamine groups is 1. The van der Waals surface area contributed by atoms with Crippen molar-refractivity contribution >= 4 is 12.0 Å². The summed E-state index contributed by atoms with van der Waals surface area (Å²) in [5.74, 6) is 1.39. The Morgan fingerprint density at radius 3 is 2.53 bits per heavy atom. The predicted molar refractivity (Wildman–Crippen MR) is 114 cm³/mol. The van der Waals surface area contributed by atoms with Crippen LogP contribution in [0.4, 0.5) is 4.79 Å². The van der Waals surface area contributed by atoms with E-state index in [1.165, 1.54) is 6.42 Å². The molecular weight excluding hydrogens is 412 g/mol. The van der Waals surface area contributed by atoms with Crippen LogP contribution in [0.3, 0.4) is 0 Å². The average Bonchev–Trinajstić information content (AvgIpc) is 3.27. The lowest BCUT2D eigenvalue weighted by Gasteiger charge is -2.42. The van der Waals surface area contributed by atoms with Crippen LogP contribution in [0.1, 0.15) is 58.3 Å². The summed E-state index contributed by atoms with van der Waals surface area (Å²) in [5.41, 5.74) is 3.02. The third kappa shape index (κ3) is 3.52. The van der Waals surface area contributed by atoms with E-state index in [4.69, 9.17) is 14.3 Å². The molecule has 0 aromatic carbocycles. The van der Waals surface area contributed by atoms with Gasteiger partial charge < -0.3 is 14.4 Å². The first-order valence-corrected chi connectivity index (χ1v) is 12.6. The van der Waals surface area contributed by atoms with Gasteiger partial charge in [-0.3, -0.25) is 19.8 Å². The number of carbonyl (C=O) groups excluding carboxylic acids is 2. The van der Waals surface area contributed by atoms with Crippen molar-refractivity contribution in [3.8, 4) is 0 Å². The van der Waals surface area contributed by atoms with E-state index < -0.39 is 0 Å². The van der Waals surface area contributed by atoms with Crippen LogP contribution in [0.2, 0.25) is 0 Å². The van der Waals surface area contributed by atoms with Gasteiger partial charge >= 0.3 is 6.09 Å². The first-order chi connectivity index (χ1) is 15.5.